The summed E-state index contributed by atoms with van der Waals surface area (Å²) in [6.07, 6.45) is 5.58. The Morgan fingerprint density at radius 3 is 2.96 bits per heavy atom. The van der Waals surface area contributed by atoms with Gasteiger partial charge in [-0.1, -0.05) is 24.3 Å². The van der Waals surface area contributed by atoms with E-state index >= 15 is 0 Å². The number of para-hydroxylation sites is 1. The number of carbonyl (C=O) groups is 1. The molecule has 1 saturated heterocycles. The van der Waals surface area contributed by atoms with Crippen molar-refractivity contribution in [2.45, 2.75) is 44.6 Å². The molecule has 1 fully saturated rings. The lowest BCUT2D eigenvalue weighted by atomic mass is 10.0. The second-order valence-electron chi connectivity index (χ2n) is 7.30. The molecule has 1 aromatic heterocycles. The number of methoxy groups -OCH3 is 1. The van der Waals surface area contributed by atoms with Gasteiger partial charge in [-0.3, -0.25) is 4.79 Å². The van der Waals surface area contributed by atoms with E-state index in [4.69, 9.17) is 4.74 Å². The van der Waals surface area contributed by atoms with Gasteiger partial charge in [-0.15, -0.1) is 11.3 Å². The molecule has 3 aromatic rings. The first-order valence-electron chi connectivity index (χ1n) is 10.0. The molecule has 4 rings (SSSR count). The minimum Gasteiger partial charge on any atom is -0.497 e. The van der Waals surface area contributed by atoms with Gasteiger partial charge in [0.25, 0.3) is 0 Å². The SMILES string of the molecule is COc1cccc(C2CCCN2C(=O)CCCCc2nc3ccccc3s2)c1. The van der Waals surface area contributed by atoms with E-state index in [2.05, 4.69) is 40.2 Å². The first kappa shape index (κ1) is 18.9. The summed E-state index contributed by atoms with van der Waals surface area (Å²) < 4.78 is 6.59. The van der Waals surface area contributed by atoms with Crippen LogP contribution in [-0.2, 0) is 11.2 Å². The zero-order chi connectivity index (χ0) is 19.3. The quantitative estimate of drug-likeness (QED) is 0.505. The summed E-state index contributed by atoms with van der Waals surface area (Å²) >= 11 is 1.76. The van der Waals surface area contributed by atoms with Crippen LogP contribution in [0.1, 0.15) is 48.7 Å². The summed E-state index contributed by atoms with van der Waals surface area (Å²) in [6.45, 7) is 0.860. The van der Waals surface area contributed by atoms with Crippen molar-refractivity contribution in [1.82, 2.24) is 9.88 Å². The third-order valence-electron chi connectivity index (χ3n) is 5.42. The van der Waals surface area contributed by atoms with Gasteiger partial charge in [0.05, 0.1) is 28.4 Å². The molecule has 1 unspecified atom stereocenters. The minimum atomic E-state index is 0.187. The van der Waals surface area contributed by atoms with Crippen LogP contribution in [0.15, 0.2) is 48.5 Å². The molecule has 0 aliphatic carbocycles. The molecule has 28 heavy (non-hydrogen) atoms. The zero-order valence-corrected chi connectivity index (χ0v) is 17.1. The predicted octanol–water partition coefficient (Wildman–Crippen LogP) is 5.38. The number of nitrogens with zero attached hydrogens (tertiary/aromatic N) is 2. The second-order valence-corrected chi connectivity index (χ2v) is 8.42. The summed E-state index contributed by atoms with van der Waals surface area (Å²) in [4.78, 5) is 19.6. The normalized spacial score (nSPS) is 16.6. The molecule has 1 atom stereocenters. The Hall–Kier alpha value is -2.40. The van der Waals surface area contributed by atoms with Crippen molar-refractivity contribution >= 4 is 27.5 Å². The molecular weight excluding hydrogens is 368 g/mol. The van der Waals surface area contributed by atoms with Gasteiger partial charge in [0.2, 0.25) is 5.91 Å². The molecule has 0 bridgehead atoms. The largest absolute Gasteiger partial charge is 0.497 e. The van der Waals surface area contributed by atoms with Crippen LogP contribution in [0.25, 0.3) is 10.2 Å². The molecular formula is C23H26N2O2S. The van der Waals surface area contributed by atoms with Crippen LogP contribution in [0.4, 0.5) is 0 Å². The fraction of sp³-hybridized carbons (Fsp3) is 0.391. The van der Waals surface area contributed by atoms with Gasteiger partial charge in [0.15, 0.2) is 0 Å². The van der Waals surface area contributed by atoms with Crippen LogP contribution in [-0.4, -0.2) is 29.4 Å². The molecule has 0 saturated carbocycles. The lowest BCUT2D eigenvalue weighted by Crippen LogP contribution is -2.30. The van der Waals surface area contributed by atoms with Gasteiger partial charge in [-0.25, -0.2) is 4.98 Å². The van der Waals surface area contributed by atoms with Crippen molar-refractivity contribution in [1.29, 1.82) is 0 Å². The van der Waals surface area contributed by atoms with Crippen LogP contribution < -0.4 is 4.74 Å². The van der Waals surface area contributed by atoms with Crippen molar-refractivity contribution in [3.05, 3.63) is 59.1 Å². The molecule has 1 aliphatic heterocycles. The summed E-state index contributed by atoms with van der Waals surface area (Å²) in [5.74, 6) is 1.13. The predicted molar refractivity (Wildman–Crippen MR) is 114 cm³/mol. The van der Waals surface area contributed by atoms with E-state index in [1.807, 2.05) is 18.2 Å². The molecule has 0 N–H and O–H groups in total. The van der Waals surface area contributed by atoms with E-state index in [1.54, 1.807) is 18.4 Å². The maximum Gasteiger partial charge on any atom is 0.223 e. The Balaban J connectivity index is 1.30. The summed E-state index contributed by atoms with van der Waals surface area (Å²) in [5.41, 5.74) is 2.26. The van der Waals surface area contributed by atoms with Crippen LogP contribution in [0.2, 0.25) is 0 Å². The van der Waals surface area contributed by atoms with E-state index < -0.39 is 0 Å². The van der Waals surface area contributed by atoms with Gasteiger partial charge in [-0.05, 0) is 61.9 Å². The highest BCUT2D eigenvalue weighted by atomic mass is 32.1. The minimum absolute atomic E-state index is 0.187. The first-order chi connectivity index (χ1) is 13.7. The van der Waals surface area contributed by atoms with Crippen LogP contribution >= 0.6 is 11.3 Å². The van der Waals surface area contributed by atoms with Gasteiger partial charge in [0.1, 0.15) is 5.75 Å². The number of unbranched alkanes of at least 4 members (excludes halogenated alkanes) is 1. The number of aromatic nitrogens is 1. The summed E-state index contributed by atoms with van der Waals surface area (Å²) in [5, 5.41) is 1.17. The van der Waals surface area contributed by atoms with E-state index in [9.17, 15) is 4.79 Å². The molecule has 0 spiro atoms. The Morgan fingerprint density at radius 1 is 1.21 bits per heavy atom. The smallest absolute Gasteiger partial charge is 0.223 e. The average Bonchev–Trinajstić information content (AvgIpc) is 3.38. The van der Waals surface area contributed by atoms with Crippen molar-refractivity contribution in [2.75, 3.05) is 13.7 Å². The molecule has 0 radical (unpaired) electrons. The van der Waals surface area contributed by atoms with E-state index in [0.29, 0.717) is 6.42 Å². The molecule has 4 nitrogen and oxygen atoms in total. The average molecular weight is 395 g/mol. The number of fused-ring (bicyclic) bond motifs is 1. The number of hydrogen-bond donors (Lipinski definition) is 0. The van der Waals surface area contributed by atoms with Crippen LogP contribution in [0.3, 0.4) is 0 Å². The Labute approximate surface area is 170 Å². The Bertz CT molecular complexity index is 919. The number of aryl methyl sites for hydroxylation is 1. The summed E-state index contributed by atoms with van der Waals surface area (Å²) in [6, 6.07) is 16.6. The number of benzene rings is 2. The highest BCUT2D eigenvalue weighted by Crippen LogP contribution is 2.34. The van der Waals surface area contributed by atoms with E-state index in [1.165, 1.54) is 15.3 Å². The highest BCUT2D eigenvalue weighted by molar-refractivity contribution is 7.18. The van der Waals surface area contributed by atoms with Crippen LogP contribution in [0.5, 0.6) is 5.75 Å². The van der Waals surface area contributed by atoms with Gasteiger partial charge in [0, 0.05) is 13.0 Å². The topological polar surface area (TPSA) is 42.4 Å². The standard InChI is InChI=1S/C23H26N2O2S/c1-27-18-9-6-8-17(16-18)20-11-7-15-25(20)23(26)14-5-4-13-22-24-19-10-2-3-12-21(19)28-22/h2-3,6,8-10,12,16,20H,4-5,7,11,13-15H2,1H3. The number of thiazole rings is 1. The highest BCUT2D eigenvalue weighted by Gasteiger charge is 2.29. The van der Waals surface area contributed by atoms with E-state index in [-0.39, 0.29) is 11.9 Å². The molecule has 1 aliphatic rings. The monoisotopic (exact) mass is 394 g/mol. The molecule has 146 valence electrons. The zero-order valence-electron chi connectivity index (χ0n) is 16.3. The molecule has 2 aromatic carbocycles. The number of amides is 1. The number of hydrogen-bond acceptors (Lipinski definition) is 4. The number of carbonyl (C=O) groups excluding carboxylic acids is 1. The maximum atomic E-state index is 12.8. The number of likely N-dealkylation sites (tertiary alicyclic amines) is 1. The molecule has 5 heteroatoms. The fourth-order valence-electron chi connectivity index (χ4n) is 3.98. The first-order valence-corrected chi connectivity index (χ1v) is 10.8. The molecule has 2 heterocycles. The van der Waals surface area contributed by atoms with Crippen molar-refractivity contribution < 1.29 is 9.53 Å². The van der Waals surface area contributed by atoms with Crippen molar-refractivity contribution in [3.63, 3.8) is 0 Å². The second kappa shape index (κ2) is 8.74. The summed E-state index contributed by atoms with van der Waals surface area (Å²) in [7, 11) is 1.68. The molecule has 1 amide bonds. The van der Waals surface area contributed by atoms with Gasteiger partial charge in [-0.2, -0.15) is 0 Å². The van der Waals surface area contributed by atoms with Gasteiger partial charge < -0.3 is 9.64 Å². The lowest BCUT2D eigenvalue weighted by molar-refractivity contribution is -0.132. The van der Waals surface area contributed by atoms with E-state index in [0.717, 1.165) is 49.9 Å². The third-order valence-corrected chi connectivity index (χ3v) is 6.52. The lowest BCUT2D eigenvalue weighted by Gasteiger charge is -2.25. The maximum absolute atomic E-state index is 12.8. The van der Waals surface area contributed by atoms with Gasteiger partial charge >= 0.3 is 0 Å². The number of ether oxygens (including phenoxy) is 1. The number of rotatable bonds is 7. The van der Waals surface area contributed by atoms with Crippen molar-refractivity contribution in [3.8, 4) is 5.75 Å². The third kappa shape index (κ3) is 4.20. The van der Waals surface area contributed by atoms with Crippen molar-refractivity contribution in [2.24, 2.45) is 0 Å². The Morgan fingerprint density at radius 2 is 2.11 bits per heavy atom. The van der Waals surface area contributed by atoms with Crippen LogP contribution in [0, 0.1) is 0 Å². The Kier molecular flexibility index (Phi) is 5.91. The fourth-order valence-corrected chi connectivity index (χ4v) is 4.99.